The zero-order chi connectivity index (χ0) is 19.7. The minimum Gasteiger partial charge on any atom is -0.402 e. The van der Waals surface area contributed by atoms with Crippen LogP contribution in [0.5, 0.6) is 0 Å². The Morgan fingerprint density at radius 2 is 1.78 bits per heavy atom. The van der Waals surface area contributed by atoms with Crippen molar-refractivity contribution in [1.82, 2.24) is 0 Å². The normalized spacial score (nSPS) is 14.8. The van der Waals surface area contributed by atoms with E-state index in [1.807, 2.05) is 0 Å². The van der Waals surface area contributed by atoms with E-state index in [1.165, 1.54) is 42.5 Å². The van der Waals surface area contributed by atoms with Crippen LogP contribution in [0.15, 0.2) is 47.1 Å². The molecule has 1 aliphatic heterocycles. The average Bonchev–Trinajstić information content (AvgIpc) is 2.96. The van der Waals surface area contributed by atoms with E-state index in [1.54, 1.807) is 6.92 Å². The first-order chi connectivity index (χ1) is 12.8. The monoisotopic (exact) mass is 387 g/mol. The number of esters is 1. The van der Waals surface area contributed by atoms with Gasteiger partial charge in [-0.1, -0.05) is 17.7 Å². The third-order valence-corrected chi connectivity index (χ3v) is 4.05. The maximum absolute atomic E-state index is 12.0. The molecule has 10 heteroatoms. The highest BCUT2D eigenvalue weighted by atomic mass is 35.5. The van der Waals surface area contributed by atoms with Crippen molar-refractivity contribution in [2.45, 2.75) is 6.92 Å². The molecule has 3 rings (SSSR count). The zero-order valence-corrected chi connectivity index (χ0v) is 14.5. The molecule has 2 aromatic carbocycles. The Balaban J connectivity index is 1.96. The number of carbonyl (C=O) groups excluding carboxylic acids is 1. The predicted molar refractivity (Wildman–Crippen MR) is 96.5 cm³/mol. The molecule has 0 aromatic heterocycles. The summed E-state index contributed by atoms with van der Waals surface area (Å²) in [6, 6.07) is 8.26. The van der Waals surface area contributed by atoms with Crippen LogP contribution in [-0.4, -0.2) is 21.7 Å². The average molecular weight is 388 g/mol. The summed E-state index contributed by atoms with van der Waals surface area (Å²) >= 11 is 5.76. The number of hydrogen-bond acceptors (Lipinski definition) is 7. The maximum atomic E-state index is 12.0. The molecule has 0 fully saturated rings. The van der Waals surface area contributed by atoms with Crippen LogP contribution >= 0.6 is 11.6 Å². The fourth-order valence-electron chi connectivity index (χ4n) is 2.44. The highest BCUT2D eigenvalue weighted by molar-refractivity contribution is 6.32. The molecular formula is C17H10ClN3O6. The Bertz CT molecular complexity index is 1060. The van der Waals surface area contributed by atoms with E-state index in [0.29, 0.717) is 16.7 Å². The molecule has 9 nitrogen and oxygen atoms in total. The molecule has 0 amide bonds. The SMILES string of the molecule is Cc1cc(C2=N/C(=C\c3ccc(Cl)c([N+](=O)[O-])c3)C(=O)O2)ccc1[N+](=O)[O-]. The predicted octanol–water partition coefficient (Wildman–Crippen LogP) is 3.81. The third-order valence-electron chi connectivity index (χ3n) is 3.73. The first-order valence-corrected chi connectivity index (χ1v) is 7.86. The van der Waals surface area contributed by atoms with E-state index in [-0.39, 0.29) is 28.0 Å². The highest BCUT2D eigenvalue weighted by Crippen LogP contribution is 2.28. The Labute approximate surface area is 156 Å². The van der Waals surface area contributed by atoms with Crippen LogP contribution in [0.1, 0.15) is 16.7 Å². The number of nitro benzene ring substituents is 2. The molecule has 0 radical (unpaired) electrons. The van der Waals surface area contributed by atoms with Crippen LogP contribution < -0.4 is 0 Å². The van der Waals surface area contributed by atoms with Gasteiger partial charge in [-0.15, -0.1) is 0 Å². The lowest BCUT2D eigenvalue weighted by Crippen LogP contribution is -2.06. The minimum absolute atomic E-state index is 0.00675. The summed E-state index contributed by atoms with van der Waals surface area (Å²) < 4.78 is 5.10. The van der Waals surface area contributed by atoms with Crippen LogP contribution in [0.25, 0.3) is 6.08 Å². The summed E-state index contributed by atoms with van der Waals surface area (Å²) in [5.74, 6) is -0.744. The van der Waals surface area contributed by atoms with Gasteiger partial charge in [0.25, 0.3) is 11.4 Å². The molecule has 0 aliphatic carbocycles. The molecule has 0 bridgehead atoms. The van der Waals surface area contributed by atoms with Crippen molar-refractivity contribution in [1.29, 1.82) is 0 Å². The van der Waals surface area contributed by atoms with Gasteiger partial charge < -0.3 is 4.74 Å². The highest BCUT2D eigenvalue weighted by Gasteiger charge is 2.25. The van der Waals surface area contributed by atoms with Gasteiger partial charge in [0.15, 0.2) is 5.70 Å². The molecule has 27 heavy (non-hydrogen) atoms. The van der Waals surface area contributed by atoms with Crippen LogP contribution in [-0.2, 0) is 9.53 Å². The van der Waals surface area contributed by atoms with Crippen LogP contribution in [0.4, 0.5) is 11.4 Å². The van der Waals surface area contributed by atoms with Gasteiger partial charge in [-0.05, 0) is 36.8 Å². The van der Waals surface area contributed by atoms with Crippen molar-refractivity contribution in [3.8, 4) is 0 Å². The van der Waals surface area contributed by atoms with Gasteiger partial charge in [0.2, 0.25) is 5.90 Å². The van der Waals surface area contributed by atoms with Gasteiger partial charge in [-0.25, -0.2) is 9.79 Å². The molecule has 1 heterocycles. The Kier molecular flexibility index (Phi) is 4.70. The number of nitrogens with zero attached hydrogens (tertiary/aromatic N) is 3. The third kappa shape index (κ3) is 3.67. The van der Waals surface area contributed by atoms with Gasteiger partial charge >= 0.3 is 5.97 Å². The number of halogens is 1. The molecule has 0 saturated heterocycles. The van der Waals surface area contributed by atoms with Crippen molar-refractivity contribution in [3.63, 3.8) is 0 Å². The van der Waals surface area contributed by atoms with E-state index >= 15 is 0 Å². The van der Waals surface area contributed by atoms with Crippen LogP contribution in [0.3, 0.4) is 0 Å². The first kappa shape index (κ1) is 18.2. The number of hydrogen-bond donors (Lipinski definition) is 0. The van der Waals surface area contributed by atoms with Gasteiger partial charge in [-0.2, -0.15) is 0 Å². The summed E-state index contributed by atoms with van der Waals surface area (Å²) in [6.07, 6.45) is 1.33. The molecule has 0 spiro atoms. The molecule has 2 aromatic rings. The number of aryl methyl sites for hydroxylation is 1. The summed E-state index contributed by atoms with van der Waals surface area (Å²) in [5, 5.41) is 21.8. The molecule has 0 saturated carbocycles. The van der Waals surface area contributed by atoms with Crippen molar-refractivity contribution >= 4 is 40.9 Å². The lowest BCUT2D eigenvalue weighted by Gasteiger charge is -2.01. The van der Waals surface area contributed by atoms with Gasteiger partial charge in [0.05, 0.1) is 9.85 Å². The molecule has 1 aliphatic rings. The molecule has 0 unspecified atom stereocenters. The lowest BCUT2D eigenvalue weighted by atomic mass is 10.1. The van der Waals surface area contributed by atoms with E-state index in [4.69, 9.17) is 16.3 Å². The van der Waals surface area contributed by atoms with Crippen LogP contribution in [0, 0.1) is 27.2 Å². The second-order valence-corrected chi connectivity index (χ2v) is 5.97. The lowest BCUT2D eigenvalue weighted by molar-refractivity contribution is -0.385. The summed E-state index contributed by atoms with van der Waals surface area (Å²) in [4.78, 5) is 36.8. The summed E-state index contributed by atoms with van der Waals surface area (Å²) in [6.45, 7) is 1.56. The van der Waals surface area contributed by atoms with Gasteiger partial charge in [-0.3, -0.25) is 20.2 Å². The summed E-state index contributed by atoms with van der Waals surface area (Å²) in [5.41, 5.74) is 0.722. The van der Waals surface area contributed by atoms with Crippen molar-refractivity contribution in [2.24, 2.45) is 4.99 Å². The van der Waals surface area contributed by atoms with E-state index in [0.717, 1.165) is 0 Å². The number of benzene rings is 2. The fourth-order valence-corrected chi connectivity index (χ4v) is 2.63. The number of rotatable bonds is 4. The number of cyclic esters (lactones) is 1. The van der Waals surface area contributed by atoms with E-state index in [2.05, 4.69) is 4.99 Å². The summed E-state index contributed by atoms with van der Waals surface area (Å²) in [7, 11) is 0. The maximum Gasteiger partial charge on any atom is 0.363 e. The van der Waals surface area contributed by atoms with Crippen molar-refractivity contribution in [3.05, 3.63) is 84.0 Å². The largest absolute Gasteiger partial charge is 0.402 e. The fraction of sp³-hybridized carbons (Fsp3) is 0.0588. The van der Waals surface area contributed by atoms with Crippen molar-refractivity contribution in [2.75, 3.05) is 0 Å². The second kappa shape index (κ2) is 6.96. The second-order valence-electron chi connectivity index (χ2n) is 5.56. The number of ether oxygens (including phenoxy) is 1. The number of nitro groups is 2. The molecule has 0 atom stereocenters. The minimum atomic E-state index is -0.737. The first-order valence-electron chi connectivity index (χ1n) is 7.48. The molecular weight excluding hydrogens is 378 g/mol. The van der Waals surface area contributed by atoms with E-state index in [9.17, 15) is 25.0 Å². The number of aliphatic imine (C=N–C) groups is 1. The van der Waals surface area contributed by atoms with Crippen molar-refractivity contribution < 1.29 is 19.4 Å². The van der Waals surface area contributed by atoms with Gasteiger partial charge in [0.1, 0.15) is 5.02 Å². The van der Waals surface area contributed by atoms with Crippen LogP contribution in [0.2, 0.25) is 5.02 Å². The Morgan fingerprint density at radius 1 is 1.07 bits per heavy atom. The topological polar surface area (TPSA) is 125 Å². The molecule has 0 N–H and O–H groups in total. The standard InChI is InChI=1S/C17H10ClN3O6/c1-9-6-11(3-5-14(9)20(23)24)16-19-13(17(22)27-16)7-10-2-4-12(18)15(8-10)21(25)26/h2-8H,1H3/b13-7-. The smallest absolute Gasteiger partial charge is 0.363 e. The molecule has 136 valence electrons. The Hall–Kier alpha value is -3.59. The zero-order valence-electron chi connectivity index (χ0n) is 13.7. The quantitative estimate of drug-likeness (QED) is 0.340. The number of carbonyl (C=O) groups is 1. The van der Waals surface area contributed by atoms with E-state index < -0.39 is 15.8 Å². The van der Waals surface area contributed by atoms with Gasteiger partial charge in [0, 0.05) is 23.3 Å². The Morgan fingerprint density at radius 3 is 2.41 bits per heavy atom.